The summed E-state index contributed by atoms with van der Waals surface area (Å²) >= 11 is 0. The maximum Gasteiger partial charge on any atom is 0.310 e. The minimum Gasteiger partial charge on any atom is -0.504 e. The second kappa shape index (κ2) is 13.2. The first-order valence-corrected chi connectivity index (χ1v) is 10.6. The summed E-state index contributed by atoms with van der Waals surface area (Å²) in [4.78, 5) is 66.2. The van der Waals surface area contributed by atoms with Crippen LogP contribution in [-0.4, -0.2) is 57.2 Å². The van der Waals surface area contributed by atoms with E-state index in [0.717, 1.165) is 0 Å². The molecular formula is C24H24N4O10. The Morgan fingerprint density at radius 1 is 0.711 bits per heavy atom. The van der Waals surface area contributed by atoms with E-state index in [1.54, 1.807) is 6.07 Å². The van der Waals surface area contributed by atoms with Gasteiger partial charge in [-0.2, -0.15) is 0 Å². The Morgan fingerprint density at radius 3 is 1.61 bits per heavy atom. The van der Waals surface area contributed by atoms with Gasteiger partial charge in [0, 0.05) is 32.9 Å². The second-order valence-electron chi connectivity index (χ2n) is 7.20. The normalized spacial score (nSPS) is 9.82. The molecule has 38 heavy (non-hydrogen) atoms. The molecule has 0 radical (unpaired) electrons. The van der Waals surface area contributed by atoms with E-state index in [1.807, 2.05) is 0 Å². The molecule has 4 aromatic rings. The van der Waals surface area contributed by atoms with Crippen molar-refractivity contribution in [3.63, 3.8) is 0 Å². The van der Waals surface area contributed by atoms with Gasteiger partial charge in [0.15, 0.2) is 23.0 Å². The molecule has 14 heteroatoms. The van der Waals surface area contributed by atoms with Crippen LogP contribution in [0.2, 0.25) is 0 Å². The van der Waals surface area contributed by atoms with E-state index < -0.39 is 17.9 Å². The Kier molecular flexibility index (Phi) is 10.0. The first kappa shape index (κ1) is 29.0. The zero-order chi connectivity index (χ0) is 28.4. The lowest BCUT2D eigenvalue weighted by atomic mass is 10.2. The van der Waals surface area contributed by atoms with Gasteiger partial charge in [0.1, 0.15) is 0 Å². The van der Waals surface area contributed by atoms with Gasteiger partial charge in [-0.05, 0) is 12.1 Å². The number of aromatic amines is 2. The molecule has 0 fully saturated rings. The van der Waals surface area contributed by atoms with E-state index in [-0.39, 0.29) is 22.6 Å². The summed E-state index contributed by atoms with van der Waals surface area (Å²) in [5.74, 6) is -0.825. The topological polar surface area (TPSA) is 200 Å². The molecule has 2 aromatic heterocycles. The van der Waals surface area contributed by atoms with Gasteiger partial charge in [-0.3, -0.25) is 24.0 Å². The van der Waals surface area contributed by atoms with Crippen molar-refractivity contribution in [2.45, 2.75) is 20.8 Å². The molecule has 0 amide bonds. The fourth-order valence-corrected chi connectivity index (χ4v) is 2.92. The molecule has 2 heterocycles. The molecule has 4 rings (SSSR count). The van der Waals surface area contributed by atoms with Crippen LogP contribution in [0.5, 0.6) is 23.0 Å². The lowest BCUT2D eigenvalue weighted by molar-refractivity contribution is -0.156. The Hall–Kier alpha value is -5.27. The van der Waals surface area contributed by atoms with Crippen molar-refractivity contribution in [3.8, 4) is 23.0 Å². The van der Waals surface area contributed by atoms with E-state index in [2.05, 4.69) is 24.7 Å². The lowest BCUT2D eigenvalue weighted by Crippen LogP contribution is -2.08. The molecule has 3 N–H and O–H groups in total. The molecule has 0 saturated carbocycles. The van der Waals surface area contributed by atoms with E-state index in [1.165, 1.54) is 65.8 Å². The molecule has 14 nitrogen and oxygen atoms in total. The lowest BCUT2D eigenvalue weighted by Gasteiger charge is -2.08. The van der Waals surface area contributed by atoms with Gasteiger partial charge < -0.3 is 34.0 Å². The van der Waals surface area contributed by atoms with Crippen molar-refractivity contribution in [1.29, 1.82) is 0 Å². The van der Waals surface area contributed by atoms with Gasteiger partial charge in [-0.15, -0.1) is 0 Å². The molecule has 0 atom stereocenters. The zero-order valence-electron chi connectivity index (χ0n) is 21.0. The van der Waals surface area contributed by atoms with Crippen LogP contribution in [0.1, 0.15) is 20.8 Å². The van der Waals surface area contributed by atoms with Gasteiger partial charge in [-0.25, -0.2) is 9.97 Å². The van der Waals surface area contributed by atoms with Crippen LogP contribution in [0.15, 0.2) is 46.5 Å². The van der Waals surface area contributed by atoms with Crippen LogP contribution in [0.25, 0.3) is 21.8 Å². The third-order valence-electron chi connectivity index (χ3n) is 4.41. The Bertz CT molecular complexity index is 1580. The van der Waals surface area contributed by atoms with Gasteiger partial charge in [-0.1, -0.05) is 0 Å². The van der Waals surface area contributed by atoms with Crippen molar-refractivity contribution in [1.82, 2.24) is 19.9 Å². The number of fused-ring (bicyclic) bond motifs is 2. The largest absolute Gasteiger partial charge is 0.504 e. The number of esters is 3. The Balaban J connectivity index is 0.000000218. The third-order valence-corrected chi connectivity index (χ3v) is 4.41. The van der Waals surface area contributed by atoms with E-state index in [0.29, 0.717) is 33.3 Å². The van der Waals surface area contributed by atoms with E-state index in [4.69, 9.17) is 14.2 Å². The third kappa shape index (κ3) is 7.87. The van der Waals surface area contributed by atoms with Crippen molar-refractivity contribution >= 4 is 39.7 Å². The monoisotopic (exact) mass is 528 g/mol. The highest BCUT2D eigenvalue weighted by molar-refractivity contribution is 5.84. The van der Waals surface area contributed by atoms with Crippen molar-refractivity contribution < 1.29 is 38.4 Å². The summed E-state index contributed by atoms with van der Waals surface area (Å²) in [5.41, 5.74) is 0.379. The average molecular weight is 528 g/mol. The molecule has 0 bridgehead atoms. The second-order valence-corrected chi connectivity index (χ2v) is 7.20. The first-order valence-electron chi connectivity index (χ1n) is 10.6. The Morgan fingerprint density at radius 2 is 1.18 bits per heavy atom. The molecule has 0 aliphatic carbocycles. The fourth-order valence-electron chi connectivity index (χ4n) is 2.92. The van der Waals surface area contributed by atoms with Crippen LogP contribution < -0.4 is 25.3 Å². The molecule has 0 unspecified atom stereocenters. The van der Waals surface area contributed by atoms with Gasteiger partial charge >= 0.3 is 17.9 Å². The molecule has 0 spiro atoms. The number of ether oxygens (including phenoxy) is 4. The van der Waals surface area contributed by atoms with Crippen LogP contribution in [0.4, 0.5) is 0 Å². The number of hydrogen-bond acceptors (Lipinski definition) is 12. The first-order chi connectivity index (χ1) is 18.0. The highest BCUT2D eigenvalue weighted by atomic mass is 16.6. The quantitative estimate of drug-likeness (QED) is 0.197. The molecule has 0 aliphatic heterocycles. The zero-order valence-corrected chi connectivity index (χ0v) is 21.0. The number of aromatic hydroxyl groups is 1. The number of carbonyl (C=O) groups excluding carboxylic acids is 3. The molecule has 2 aromatic carbocycles. The van der Waals surface area contributed by atoms with Crippen molar-refractivity contribution in [3.05, 3.63) is 57.6 Å². The van der Waals surface area contributed by atoms with Gasteiger partial charge in [0.25, 0.3) is 11.1 Å². The predicted molar refractivity (Wildman–Crippen MR) is 133 cm³/mol. The number of phenols is 1. The minimum absolute atomic E-state index is 0.0708. The smallest absolute Gasteiger partial charge is 0.310 e. The number of rotatable bonds is 3. The summed E-state index contributed by atoms with van der Waals surface area (Å²) < 4.78 is 18.9. The van der Waals surface area contributed by atoms with E-state index >= 15 is 0 Å². The SMILES string of the molecule is CC(=O)OC(C)=O.COc1cc2nc[nH]c(=O)c2cc1O.COc1cc2nc[nH]c(=O)c2cc1OC(C)=O. The molecule has 0 aliphatic rings. The molecule has 0 saturated heterocycles. The number of methoxy groups -OCH3 is 2. The summed E-state index contributed by atoms with van der Waals surface area (Å²) in [7, 11) is 2.88. The summed E-state index contributed by atoms with van der Waals surface area (Å²) in [6, 6.07) is 5.82. The number of hydrogen-bond donors (Lipinski definition) is 3. The number of H-pyrrole nitrogens is 2. The van der Waals surface area contributed by atoms with Gasteiger partial charge in [0.2, 0.25) is 0 Å². The fraction of sp³-hybridized carbons (Fsp3) is 0.208. The molecule has 200 valence electrons. The maximum absolute atomic E-state index is 11.5. The number of nitrogens with one attached hydrogen (secondary N) is 2. The number of carbonyl (C=O) groups is 3. The highest BCUT2D eigenvalue weighted by Gasteiger charge is 2.11. The number of benzene rings is 2. The van der Waals surface area contributed by atoms with Gasteiger partial charge in [0.05, 0.1) is 48.7 Å². The minimum atomic E-state index is -0.562. The van der Waals surface area contributed by atoms with Crippen molar-refractivity contribution in [2.24, 2.45) is 0 Å². The number of aromatic nitrogens is 4. The number of phenolic OH excluding ortho intramolecular Hbond substituents is 1. The van der Waals surface area contributed by atoms with Crippen LogP contribution in [0.3, 0.4) is 0 Å². The predicted octanol–water partition coefficient (Wildman–Crippen LogP) is 1.59. The highest BCUT2D eigenvalue weighted by Crippen LogP contribution is 2.30. The van der Waals surface area contributed by atoms with Crippen LogP contribution in [-0.2, 0) is 19.1 Å². The van der Waals surface area contributed by atoms with Crippen LogP contribution in [0, 0.1) is 0 Å². The summed E-state index contributed by atoms with van der Waals surface area (Å²) in [6.07, 6.45) is 2.61. The Labute approximate surface area is 214 Å². The number of nitrogens with zero attached hydrogens (tertiary/aromatic N) is 2. The average Bonchev–Trinajstić information content (AvgIpc) is 2.84. The maximum atomic E-state index is 11.5. The van der Waals surface area contributed by atoms with Crippen LogP contribution >= 0.6 is 0 Å². The molecular weight excluding hydrogens is 504 g/mol. The summed E-state index contributed by atoms with van der Waals surface area (Å²) in [6.45, 7) is 3.64. The standard InChI is InChI=1S/C11H10N2O4.C9H8N2O3.C4H6O3/c1-6(14)17-10-3-7-8(4-9(10)16-2)12-5-13-11(7)15;1-14-8-3-6-5(2-7(8)12)9(13)11-4-10-6;1-3(5)7-4(2)6/h3-5H,1-2H3,(H,12,13,15);2-4,12H,1H3,(H,10,11,13);1-2H3. The van der Waals surface area contributed by atoms with E-state index in [9.17, 15) is 29.1 Å². The van der Waals surface area contributed by atoms with Crippen molar-refractivity contribution in [2.75, 3.05) is 14.2 Å². The summed E-state index contributed by atoms with van der Waals surface area (Å²) in [5, 5.41) is 10.1.